The second kappa shape index (κ2) is 8.73. The number of hydrogen-bond donors (Lipinski definition) is 0. The molecule has 4 nitrogen and oxygen atoms in total. The number of hydrogen-bond acceptors (Lipinski definition) is 3. The van der Waals surface area contributed by atoms with E-state index in [9.17, 15) is 8.42 Å². The Hall–Kier alpha value is -0.620. The Bertz CT molecular complexity index is 516. The van der Waals surface area contributed by atoms with E-state index in [0.29, 0.717) is 19.0 Å². The molecule has 21 heavy (non-hydrogen) atoms. The van der Waals surface area contributed by atoms with Crippen LogP contribution in [0.4, 0.5) is 0 Å². The van der Waals surface area contributed by atoms with Gasteiger partial charge in [-0.05, 0) is 24.5 Å². The number of alkyl halides is 1. The lowest BCUT2D eigenvalue weighted by molar-refractivity contribution is 0.167. The van der Waals surface area contributed by atoms with Crippen LogP contribution in [-0.2, 0) is 26.4 Å². The Morgan fingerprint density at radius 3 is 2.29 bits per heavy atom. The zero-order valence-electron chi connectivity index (χ0n) is 12.9. The maximum atomic E-state index is 12.6. The van der Waals surface area contributed by atoms with Gasteiger partial charge in [-0.1, -0.05) is 31.2 Å². The minimum atomic E-state index is -3.36. The molecule has 0 saturated carbocycles. The summed E-state index contributed by atoms with van der Waals surface area (Å²) in [5, 5.41) is 0. The summed E-state index contributed by atoms with van der Waals surface area (Å²) < 4.78 is 31.8. The molecule has 0 N–H and O–H groups in total. The molecule has 0 aliphatic carbocycles. The minimum absolute atomic E-state index is 0.00359. The molecule has 0 aliphatic rings. The van der Waals surface area contributed by atoms with Crippen molar-refractivity contribution in [2.24, 2.45) is 0 Å². The largest absolute Gasteiger partial charge is 0.383 e. The van der Waals surface area contributed by atoms with Crippen LogP contribution in [0.25, 0.3) is 0 Å². The lowest BCUT2D eigenvalue weighted by Gasteiger charge is -2.27. The lowest BCUT2D eigenvalue weighted by atomic mass is 10.2. The number of halogens is 1. The van der Waals surface area contributed by atoms with Gasteiger partial charge in [-0.3, -0.25) is 0 Å². The normalized spacial score (nSPS) is 13.6. The molecular formula is C15H24ClNO3S. The van der Waals surface area contributed by atoms with Crippen molar-refractivity contribution in [3.8, 4) is 0 Å². The van der Waals surface area contributed by atoms with E-state index in [4.69, 9.17) is 16.3 Å². The molecule has 1 rings (SSSR count). The quantitative estimate of drug-likeness (QED) is 0.653. The van der Waals surface area contributed by atoms with Crippen molar-refractivity contribution < 1.29 is 13.2 Å². The van der Waals surface area contributed by atoms with Gasteiger partial charge in [0.1, 0.15) is 0 Å². The van der Waals surface area contributed by atoms with Gasteiger partial charge >= 0.3 is 0 Å². The summed E-state index contributed by atoms with van der Waals surface area (Å²) in [7, 11) is -1.78. The van der Waals surface area contributed by atoms with E-state index in [-0.39, 0.29) is 11.8 Å². The number of sulfonamides is 1. The maximum absolute atomic E-state index is 12.6. The van der Waals surface area contributed by atoms with Gasteiger partial charge in [-0.2, -0.15) is 4.31 Å². The van der Waals surface area contributed by atoms with Crippen LogP contribution >= 0.6 is 11.6 Å². The molecule has 0 amide bonds. The van der Waals surface area contributed by atoms with Crippen molar-refractivity contribution in [1.82, 2.24) is 4.31 Å². The van der Waals surface area contributed by atoms with Crippen molar-refractivity contribution in [2.75, 3.05) is 20.3 Å². The van der Waals surface area contributed by atoms with Crippen molar-refractivity contribution >= 4 is 21.6 Å². The predicted molar refractivity (Wildman–Crippen MR) is 87.0 cm³/mol. The molecule has 0 fully saturated rings. The SMILES string of the molecule is CCC(C)N(CCOC)S(=O)(=O)Cc1ccc(CCl)cc1. The van der Waals surface area contributed by atoms with Crippen molar-refractivity contribution in [1.29, 1.82) is 0 Å². The molecule has 0 radical (unpaired) electrons. The first kappa shape index (κ1) is 18.4. The third kappa shape index (κ3) is 5.58. The molecule has 0 aliphatic heterocycles. The van der Waals surface area contributed by atoms with Gasteiger partial charge < -0.3 is 4.74 Å². The van der Waals surface area contributed by atoms with Gasteiger partial charge in [0.15, 0.2) is 0 Å². The molecule has 0 spiro atoms. The fourth-order valence-corrected chi connectivity index (χ4v) is 4.04. The third-order valence-electron chi connectivity index (χ3n) is 3.48. The van der Waals surface area contributed by atoms with Crippen LogP contribution in [0.15, 0.2) is 24.3 Å². The molecule has 1 aromatic rings. The van der Waals surface area contributed by atoms with Crippen LogP contribution in [0.2, 0.25) is 0 Å². The Morgan fingerprint density at radius 1 is 1.24 bits per heavy atom. The fraction of sp³-hybridized carbons (Fsp3) is 0.600. The molecule has 120 valence electrons. The number of rotatable bonds is 9. The van der Waals surface area contributed by atoms with Gasteiger partial charge in [0.25, 0.3) is 0 Å². The number of benzene rings is 1. The van der Waals surface area contributed by atoms with Crippen molar-refractivity contribution in [3.05, 3.63) is 35.4 Å². The first-order valence-corrected chi connectivity index (χ1v) is 9.21. The first-order chi connectivity index (χ1) is 9.94. The number of methoxy groups -OCH3 is 1. The standard InChI is InChI=1S/C15H24ClNO3S/c1-4-13(2)17(9-10-20-3)21(18,19)12-15-7-5-14(11-16)6-8-15/h5-8,13H,4,9-12H2,1-3H3. The smallest absolute Gasteiger partial charge is 0.218 e. The zero-order chi connectivity index (χ0) is 15.9. The number of nitrogens with zero attached hydrogens (tertiary/aromatic N) is 1. The molecule has 6 heteroatoms. The molecule has 0 bridgehead atoms. The van der Waals surface area contributed by atoms with Crippen molar-refractivity contribution in [2.45, 2.75) is 37.9 Å². The number of ether oxygens (including phenoxy) is 1. The highest BCUT2D eigenvalue weighted by Gasteiger charge is 2.26. The van der Waals surface area contributed by atoms with Gasteiger partial charge in [0.05, 0.1) is 12.4 Å². The summed E-state index contributed by atoms with van der Waals surface area (Å²) in [5.74, 6) is 0.434. The Kier molecular flexibility index (Phi) is 7.66. The summed E-state index contributed by atoms with van der Waals surface area (Å²) in [6.45, 7) is 4.68. The van der Waals surface area contributed by atoms with Gasteiger partial charge in [0, 0.05) is 25.6 Å². The van der Waals surface area contributed by atoms with Crippen LogP contribution in [-0.4, -0.2) is 39.0 Å². The van der Waals surface area contributed by atoms with E-state index in [1.165, 1.54) is 4.31 Å². The average Bonchev–Trinajstić information content (AvgIpc) is 2.47. The molecule has 0 saturated heterocycles. The van der Waals surface area contributed by atoms with Crippen molar-refractivity contribution in [3.63, 3.8) is 0 Å². The highest BCUT2D eigenvalue weighted by Crippen LogP contribution is 2.16. The summed E-state index contributed by atoms with van der Waals surface area (Å²) in [6.07, 6.45) is 0.772. The maximum Gasteiger partial charge on any atom is 0.218 e. The van der Waals surface area contributed by atoms with E-state index >= 15 is 0 Å². The third-order valence-corrected chi connectivity index (χ3v) is 5.75. The molecule has 1 atom stereocenters. The van der Waals surface area contributed by atoms with E-state index in [2.05, 4.69) is 0 Å². The summed E-state index contributed by atoms with van der Waals surface area (Å²) >= 11 is 5.74. The molecular weight excluding hydrogens is 310 g/mol. The van der Waals surface area contributed by atoms with Crippen LogP contribution < -0.4 is 0 Å². The van der Waals surface area contributed by atoms with Crippen LogP contribution in [0.5, 0.6) is 0 Å². The molecule has 1 aromatic carbocycles. The fourth-order valence-electron chi connectivity index (χ4n) is 2.04. The topological polar surface area (TPSA) is 46.6 Å². The van der Waals surface area contributed by atoms with E-state index < -0.39 is 10.0 Å². The summed E-state index contributed by atoms with van der Waals surface area (Å²) in [5.41, 5.74) is 1.76. The molecule has 0 heterocycles. The average molecular weight is 334 g/mol. The second-order valence-corrected chi connectivity index (χ2v) is 7.26. The highest BCUT2D eigenvalue weighted by molar-refractivity contribution is 7.88. The zero-order valence-corrected chi connectivity index (χ0v) is 14.5. The Labute approximate surface area is 133 Å². The van der Waals surface area contributed by atoms with Crippen LogP contribution in [0.1, 0.15) is 31.4 Å². The van der Waals surface area contributed by atoms with Crippen LogP contribution in [0, 0.1) is 0 Å². The van der Waals surface area contributed by atoms with Crippen LogP contribution in [0.3, 0.4) is 0 Å². The first-order valence-electron chi connectivity index (χ1n) is 7.06. The summed E-state index contributed by atoms with van der Waals surface area (Å²) in [4.78, 5) is 0. The lowest BCUT2D eigenvalue weighted by Crippen LogP contribution is -2.41. The highest BCUT2D eigenvalue weighted by atomic mass is 35.5. The Balaban J connectivity index is 2.88. The van der Waals surface area contributed by atoms with E-state index in [0.717, 1.165) is 17.5 Å². The Morgan fingerprint density at radius 2 is 1.81 bits per heavy atom. The minimum Gasteiger partial charge on any atom is -0.383 e. The van der Waals surface area contributed by atoms with Gasteiger partial charge in [-0.25, -0.2) is 8.42 Å². The molecule has 0 aromatic heterocycles. The van der Waals surface area contributed by atoms with E-state index in [1.54, 1.807) is 7.11 Å². The second-order valence-electron chi connectivity index (χ2n) is 5.07. The van der Waals surface area contributed by atoms with Gasteiger partial charge in [0.2, 0.25) is 10.0 Å². The van der Waals surface area contributed by atoms with E-state index in [1.807, 2.05) is 38.1 Å². The molecule has 1 unspecified atom stereocenters. The monoisotopic (exact) mass is 333 g/mol. The van der Waals surface area contributed by atoms with Gasteiger partial charge in [-0.15, -0.1) is 11.6 Å². The predicted octanol–water partition coefficient (Wildman–Crippen LogP) is 3.00. The summed E-state index contributed by atoms with van der Waals surface area (Å²) in [6, 6.07) is 7.33.